The maximum Gasteiger partial charge on any atom is 0.407 e. The molecule has 7 rings (SSSR count). The number of hydrogen-bond acceptors (Lipinski definition) is 6. The van der Waals surface area contributed by atoms with E-state index in [0.717, 1.165) is 52.0 Å². The number of benzene rings is 3. The van der Waals surface area contributed by atoms with Crippen LogP contribution in [-0.2, 0) is 20.7 Å². The Balaban J connectivity index is 1.05. The summed E-state index contributed by atoms with van der Waals surface area (Å²) in [6.45, 7) is 8.05. The number of aromatic nitrogens is 4. The molecule has 2 saturated carbocycles. The highest BCUT2D eigenvalue weighted by molar-refractivity contribution is 6.35. The normalized spacial score (nSPS) is 18.1. The van der Waals surface area contributed by atoms with Gasteiger partial charge in [-0.05, 0) is 119 Å². The highest BCUT2D eigenvalue weighted by atomic mass is 35.5. The Kier molecular flexibility index (Phi) is 10.1. The molecule has 2 fully saturated rings. The van der Waals surface area contributed by atoms with E-state index in [0.29, 0.717) is 42.0 Å². The van der Waals surface area contributed by atoms with Crippen molar-refractivity contribution < 1.29 is 19.1 Å². The van der Waals surface area contributed by atoms with Crippen molar-refractivity contribution >= 4 is 57.3 Å². The van der Waals surface area contributed by atoms with Gasteiger partial charge in [0.05, 0.1) is 27.1 Å². The van der Waals surface area contributed by atoms with Gasteiger partial charge in [-0.3, -0.25) is 9.59 Å². The lowest BCUT2D eigenvalue weighted by atomic mass is 9.81. The summed E-state index contributed by atoms with van der Waals surface area (Å²) in [6.07, 6.45) is 5.00. The van der Waals surface area contributed by atoms with E-state index in [1.54, 1.807) is 12.1 Å². The molecule has 12 nitrogen and oxygen atoms in total. The predicted molar refractivity (Wildman–Crippen MR) is 206 cm³/mol. The van der Waals surface area contributed by atoms with E-state index < -0.39 is 29.3 Å². The molecule has 0 bridgehead atoms. The molecular weight excluding hydrogens is 694 g/mol. The number of aromatic amines is 3. The molecule has 2 aromatic heterocycles. The Morgan fingerprint density at radius 2 is 1.68 bits per heavy atom. The van der Waals surface area contributed by atoms with Gasteiger partial charge in [0.1, 0.15) is 17.5 Å². The summed E-state index contributed by atoms with van der Waals surface area (Å²) < 4.78 is 5.35. The molecular formula is C40H46ClN7O5. The van der Waals surface area contributed by atoms with Gasteiger partial charge in [-0.2, -0.15) is 0 Å². The lowest BCUT2D eigenvalue weighted by Gasteiger charge is -2.29. The van der Waals surface area contributed by atoms with E-state index in [2.05, 4.69) is 50.0 Å². The number of carbonyl (C=O) groups excluding carboxylic acids is 3. The van der Waals surface area contributed by atoms with E-state index in [-0.39, 0.29) is 29.2 Å². The third kappa shape index (κ3) is 8.76. The van der Waals surface area contributed by atoms with Crippen LogP contribution in [0.25, 0.3) is 33.2 Å². The van der Waals surface area contributed by atoms with Gasteiger partial charge in [0, 0.05) is 30.5 Å². The van der Waals surface area contributed by atoms with Gasteiger partial charge in [0.2, 0.25) is 11.8 Å². The first kappa shape index (κ1) is 36.3. The van der Waals surface area contributed by atoms with E-state index >= 15 is 0 Å². The molecule has 6 N–H and O–H groups in total. The zero-order valence-electron chi connectivity index (χ0n) is 30.5. The van der Waals surface area contributed by atoms with E-state index in [1.807, 2.05) is 45.0 Å². The summed E-state index contributed by atoms with van der Waals surface area (Å²) >= 11 is 6.41. The number of imidazole rings is 2. The topological polar surface area (TPSA) is 174 Å². The molecule has 278 valence electrons. The summed E-state index contributed by atoms with van der Waals surface area (Å²) in [7, 11) is 0. The highest BCUT2D eigenvalue weighted by Gasteiger charge is 2.31. The third-order valence-electron chi connectivity index (χ3n) is 10.1. The first-order valence-electron chi connectivity index (χ1n) is 18.4. The average Bonchev–Trinajstić information content (AvgIpc) is 3.76. The average molecular weight is 740 g/mol. The summed E-state index contributed by atoms with van der Waals surface area (Å²) in [5.41, 5.74) is 6.46. The SMILES string of the molecule is Cc1cc2[nH]c(C3CC3)nc2cc1-c1ccc(C[C@H](NC(=O)C2CCC(CNC(=O)OC(C)(C)C)CC2)C(=O)Nc2cc(Cl)c3[nH]c(=O)[nH]c3c2)cc1. The van der Waals surface area contributed by atoms with Gasteiger partial charge >= 0.3 is 11.8 Å². The van der Waals surface area contributed by atoms with Crippen LogP contribution in [0.4, 0.5) is 10.5 Å². The number of H-pyrrole nitrogens is 3. The quantitative estimate of drug-likeness (QED) is 0.0881. The largest absolute Gasteiger partial charge is 0.444 e. The van der Waals surface area contributed by atoms with Crippen molar-refractivity contribution in [2.45, 2.75) is 90.2 Å². The minimum Gasteiger partial charge on any atom is -0.444 e. The van der Waals surface area contributed by atoms with E-state index in [9.17, 15) is 19.2 Å². The second kappa shape index (κ2) is 14.7. The fourth-order valence-electron chi connectivity index (χ4n) is 7.17. The van der Waals surface area contributed by atoms with E-state index in [4.69, 9.17) is 21.3 Å². The number of carbonyl (C=O) groups is 3. The smallest absolute Gasteiger partial charge is 0.407 e. The Labute approximate surface area is 312 Å². The number of rotatable bonds is 10. The number of fused-ring (bicyclic) bond motifs is 2. The number of nitrogens with zero attached hydrogens (tertiary/aromatic N) is 1. The summed E-state index contributed by atoms with van der Waals surface area (Å²) in [5, 5.41) is 9.07. The molecule has 2 aliphatic rings. The van der Waals surface area contributed by atoms with Crippen LogP contribution >= 0.6 is 11.6 Å². The number of alkyl carbamates (subject to hydrolysis) is 1. The zero-order valence-corrected chi connectivity index (χ0v) is 31.2. The fraction of sp³-hybridized carbons (Fsp3) is 0.425. The van der Waals surface area contributed by atoms with Crippen LogP contribution in [0.15, 0.2) is 53.3 Å². The number of aryl methyl sites for hydroxylation is 1. The lowest BCUT2D eigenvalue weighted by Crippen LogP contribution is -2.48. The zero-order chi connectivity index (χ0) is 37.4. The van der Waals surface area contributed by atoms with Crippen LogP contribution in [0.3, 0.4) is 0 Å². The van der Waals surface area contributed by atoms with Crippen LogP contribution < -0.4 is 21.6 Å². The Morgan fingerprint density at radius 1 is 0.943 bits per heavy atom. The second-order valence-electron chi connectivity index (χ2n) is 15.6. The fourth-order valence-corrected chi connectivity index (χ4v) is 7.44. The van der Waals surface area contributed by atoms with Crippen molar-refractivity contribution in [2.24, 2.45) is 11.8 Å². The summed E-state index contributed by atoms with van der Waals surface area (Å²) in [5.74, 6) is 0.985. The first-order chi connectivity index (χ1) is 25.3. The van der Waals surface area contributed by atoms with Gasteiger partial charge in [0.15, 0.2) is 0 Å². The molecule has 0 unspecified atom stereocenters. The maximum atomic E-state index is 13.9. The molecule has 2 aliphatic carbocycles. The number of ether oxygens (including phenoxy) is 1. The molecule has 13 heteroatoms. The number of halogens is 1. The third-order valence-corrected chi connectivity index (χ3v) is 10.4. The van der Waals surface area contributed by atoms with Gasteiger partial charge in [0.25, 0.3) is 0 Å². The van der Waals surface area contributed by atoms with Crippen LogP contribution in [-0.4, -0.2) is 56.0 Å². The highest BCUT2D eigenvalue weighted by Crippen LogP contribution is 2.40. The molecule has 3 amide bonds. The van der Waals surface area contributed by atoms with Crippen molar-refractivity contribution in [3.8, 4) is 11.1 Å². The second-order valence-corrected chi connectivity index (χ2v) is 16.0. The standard InChI is InChI=1S/C40H46ClN7O5/c1-21-15-30-31(45-35(44-30)25-13-14-25)19-28(21)24-9-5-22(6-10-24)16-33(37(50)43-27-17-29(41)34-32(18-27)47-38(51)48-34)46-36(49)26-11-7-23(8-12-26)20-42-39(52)53-40(2,3)4/h5-6,9-10,15,17-19,23,25-26,33H,7-8,11-14,16,20H2,1-4H3,(H,42,52)(H,43,50)(H,44,45)(H,46,49)(H2,47,48,51)/t23?,26?,33-/m0/s1. The number of anilines is 1. The van der Waals surface area contributed by atoms with Crippen molar-refractivity contribution in [3.05, 3.63) is 81.0 Å². The van der Waals surface area contributed by atoms with Crippen LogP contribution in [0.1, 0.15) is 82.2 Å². The summed E-state index contributed by atoms with van der Waals surface area (Å²) in [4.78, 5) is 65.2. The molecule has 53 heavy (non-hydrogen) atoms. The van der Waals surface area contributed by atoms with Gasteiger partial charge in [-0.15, -0.1) is 0 Å². The first-order valence-corrected chi connectivity index (χ1v) is 18.7. The molecule has 1 atom stereocenters. The lowest BCUT2D eigenvalue weighted by molar-refractivity contribution is -0.130. The minimum atomic E-state index is -0.886. The predicted octanol–water partition coefficient (Wildman–Crippen LogP) is 7.24. The number of hydrogen-bond donors (Lipinski definition) is 6. The molecule has 0 spiro atoms. The molecule has 0 aliphatic heterocycles. The van der Waals surface area contributed by atoms with Gasteiger partial charge in [-0.1, -0.05) is 35.9 Å². The van der Waals surface area contributed by atoms with Crippen molar-refractivity contribution in [1.82, 2.24) is 30.6 Å². The number of nitrogens with one attached hydrogen (secondary N) is 6. The molecule has 0 saturated heterocycles. The van der Waals surface area contributed by atoms with Gasteiger partial charge in [-0.25, -0.2) is 14.6 Å². The summed E-state index contributed by atoms with van der Waals surface area (Å²) in [6, 6.07) is 14.6. The molecule has 3 aromatic carbocycles. The molecule has 2 heterocycles. The Bertz CT molecular complexity index is 2220. The van der Waals surface area contributed by atoms with Crippen molar-refractivity contribution in [3.63, 3.8) is 0 Å². The van der Waals surface area contributed by atoms with E-state index in [1.165, 1.54) is 12.8 Å². The molecule has 5 aromatic rings. The Hall–Kier alpha value is -5.10. The van der Waals surface area contributed by atoms with Crippen molar-refractivity contribution in [1.29, 1.82) is 0 Å². The maximum absolute atomic E-state index is 13.9. The Morgan fingerprint density at radius 3 is 2.38 bits per heavy atom. The van der Waals surface area contributed by atoms with Crippen molar-refractivity contribution in [2.75, 3.05) is 11.9 Å². The molecule has 0 radical (unpaired) electrons. The van der Waals surface area contributed by atoms with Gasteiger partial charge < -0.3 is 35.6 Å². The van der Waals surface area contributed by atoms with Crippen LogP contribution in [0, 0.1) is 18.8 Å². The van der Waals surface area contributed by atoms with Crippen LogP contribution in [0.2, 0.25) is 5.02 Å². The monoisotopic (exact) mass is 739 g/mol. The van der Waals surface area contributed by atoms with Crippen LogP contribution in [0.5, 0.6) is 0 Å². The minimum absolute atomic E-state index is 0.183. The number of amides is 3.